The average Bonchev–Trinajstić information content (AvgIpc) is 2.42. The molecule has 1 heterocycles. The van der Waals surface area contributed by atoms with Gasteiger partial charge in [-0.15, -0.1) is 12.4 Å². The molecule has 0 aromatic heterocycles. The average molecular weight is 389 g/mol. The Balaban J connectivity index is 0.00000288. The second-order valence-corrected chi connectivity index (χ2v) is 7.32. The van der Waals surface area contributed by atoms with Crippen LogP contribution >= 0.6 is 24.0 Å². The van der Waals surface area contributed by atoms with Crippen molar-refractivity contribution >= 4 is 24.0 Å². The van der Waals surface area contributed by atoms with Gasteiger partial charge >= 0.3 is 6.18 Å². The van der Waals surface area contributed by atoms with Crippen LogP contribution in [0.25, 0.3) is 0 Å². The largest absolute Gasteiger partial charge is 0.416 e. The lowest BCUT2D eigenvalue weighted by Gasteiger charge is -2.43. The summed E-state index contributed by atoms with van der Waals surface area (Å²) in [5.74, 6) is -0.766. The summed E-state index contributed by atoms with van der Waals surface area (Å²) in [4.78, 5) is 2.02. The summed E-state index contributed by atoms with van der Waals surface area (Å²) in [7, 11) is 0. The van der Waals surface area contributed by atoms with Crippen molar-refractivity contribution in [3.63, 3.8) is 0 Å². The summed E-state index contributed by atoms with van der Waals surface area (Å²) in [6.45, 7) is 8.43. The van der Waals surface area contributed by atoms with E-state index in [1.165, 1.54) is 0 Å². The molecule has 1 aliphatic heterocycles. The van der Waals surface area contributed by atoms with Crippen molar-refractivity contribution in [2.45, 2.75) is 33.0 Å². The Morgan fingerprint density at radius 2 is 1.67 bits per heavy atom. The Hall–Kier alpha value is -0.560. The van der Waals surface area contributed by atoms with E-state index in [9.17, 15) is 17.6 Å². The van der Waals surface area contributed by atoms with E-state index in [0.717, 1.165) is 19.2 Å². The fourth-order valence-electron chi connectivity index (χ4n) is 3.12. The van der Waals surface area contributed by atoms with E-state index in [4.69, 9.17) is 11.6 Å². The number of rotatable bonds is 2. The smallest absolute Gasteiger partial charge is 0.314 e. The van der Waals surface area contributed by atoms with Crippen molar-refractivity contribution in [1.82, 2.24) is 10.2 Å². The minimum Gasteiger partial charge on any atom is -0.314 e. The monoisotopic (exact) mass is 388 g/mol. The number of hydrogen-bond donors (Lipinski definition) is 1. The van der Waals surface area contributed by atoms with Gasteiger partial charge in [-0.05, 0) is 17.5 Å². The normalized spacial score (nSPS) is 18.2. The van der Waals surface area contributed by atoms with E-state index >= 15 is 0 Å². The van der Waals surface area contributed by atoms with Gasteiger partial charge in [-0.2, -0.15) is 13.2 Å². The molecule has 0 amide bonds. The molecule has 0 bridgehead atoms. The molecule has 0 unspecified atom stereocenters. The first-order valence-corrected chi connectivity index (χ1v) is 7.90. The number of piperazine rings is 1. The van der Waals surface area contributed by atoms with Crippen LogP contribution in [0.3, 0.4) is 0 Å². The van der Waals surface area contributed by atoms with Gasteiger partial charge in [0.05, 0.1) is 10.6 Å². The van der Waals surface area contributed by atoms with Gasteiger partial charge in [0, 0.05) is 37.8 Å². The number of alkyl halides is 3. The van der Waals surface area contributed by atoms with Gasteiger partial charge in [0.15, 0.2) is 0 Å². The zero-order valence-corrected chi connectivity index (χ0v) is 15.4. The molecule has 1 aromatic rings. The summed E-state index contributed by atoms with van der Waals surface area (Å²) < 4.78 is 53.8. The highest BCUT2D eigenvalue weighted by Crippen LogP contribution is 2.43. The van der Waals surface area contributed by atoms with Crippen molar-refractivity contribution in [2.24, 2.45) is 5.41 Å². The molecule has 0 saturated carbocycles. The van der Waals surface area contributed by atoms with Crippen LogP contribution in [0.15, 0.2) is 12.1 Å². The van der Waals surface area contributed by atoms with Crippen molar-refractivity contribution in [3.8, 4) is 0 Å². The summed E-state index contributed by atoms with van der Waals surface area (Å²) in [6.07, 6.45) is -4.56. The number of hydrogen-bond acceptors (Lipinski definition) is 2. The predicted octanol–water partition coefficient (Wildman–Crippen LogP) is 4.91. The molecule has 24 heavy (non-hydrogen) atoms. The topological polar surface area (TPSA) is 15.3 Å². The third-order valence-electron chi connectivity index (χ3n) is 4.02. The van der Waals surface area contributed by atoms with E-state index in [-0.39, 0.29) is 18.0 Å². The fourth-order valence-corrected chi connectivity index (χ4v) is 3.35. The molecule has 2 rings (SSSR count). The lowest BCUT2D eigenvalue weighted by atomic mass is 9.80. The second-order valence-electron chi connectivity index (χ2n) is 6.91. The van der Waals surface area contributed by atoms with Crippen LogP contribution < -0.4 is 5.32 Å². The molecule has 138 valence electrons. The molecule has 0 aliphatic carbocycles. The summed E-state index contributed by atoms with van der Waals surface area (Å²) in [5.41, 5.74) is -1.34. The quantitative estimate of drug-likeness (QED) is 0.723. The van der Waals surface area contributed by atoms with E-state index in [1.54, 1.807) is 0 Å². The van der Waals surface area contributed by atoms with Crippen LogP contribution in [-0.4, -0.2) is 31.1 Å². The minimum atomic E-state index is -4.56. The lowest BCUT2D eigenvalue weighted by molar-refractivity contribution is -0.137. The molecule has 1 N–H and O–H groups in total. The van der Waals surface area contributed by atoms with E-state index < -0.39 is 34.0 Å². The van der Waals surface area contributed by atoms with Crippen molar-refractivity contribution in [3.05, 3.63) is 34.1 Å². The first-order valence-electron chi connectivity index (χ1n) is 7.52. The second kappa shape index (κ2) is 7.77. The summed E-state index contributed by atoms with van der Waals surface area (Å²) in [5, 5.41) is 2.71. The third kappa shape index (κ3) is 4.75. The van der Waals surface area contributed by atoms with Crippen LogP contribution in [0, 0.1) is 11.2 Å². The third-order valence-corrected chi connectivity index (χ3v) is 4.29. The van der Waals surface area contributed by atoms with Crippen molar-refractivity contribution in [1.29, 1.82) is 0 Å². The maximum Gasteiger partial charge on any atom is 0.416 e. The van der Waals surface area contributed by atoms with E-state index in [0.29, 0.717) is 19.2 Å². The van der Waals surface area contributed by atoms with Gasteiger partial charge in [-0.3, -0.25) is 4.90 Å². The van der Waals surface area contributed by atoms with Crippen LogP contribution in [0.1, 0.15) is 37.9 Å². The van der Waals surface area contributed by atoms with E-state index in [1.807, 2.05) is 25.7 Å². The Kier molecular flexibility index (Phi) is 6.95. The number of nitrogens with zero attached hydrogens (tertiary/aromatic N) is 1. The van der Waals surface area contributed by atoms with Gasteiger partial charge < -0.3 is 5.32 Å². The maximum atomic E-state index is 14.6. The lowest BCUT2D eigenvalue weighted by Crippen LogP contribution is -2.48. The van der Waals surface area contributed by atoms with Crippen LogP contribution in [0.4, 0.5) is 17.6 Å². The predicted molar refractivity (Wildman–Crippen MR) is 90.3 cm³/mol. The van der Waals surface area contributed by atoms with Crippen LogP contribution in [0.5, 0.6) is 0 Å². The first-order chi connectivity index (χ1) is 10.5. The van der Waals surface area contributed by atoms with Gasteiger partial charge in [0.1, 0.15) is 5.82 Å². The minimum absolute atomic E-state index is 0. The van der Waals surface area contributed by atoms with E-state index in [2.05, 4.69) is 5.32 Å². The van der Waals surface area contributed by atoms with Gasteiger partial charge in [-0.25, -0.2) is 4.39 Å². The van der Waals surface area contributed by atoms with Crippen LogP contribution in [0.2, 0.25) is 5.02 Å². The Morgan fingerprint density at radius 1 is 1.12 bits per heavy atom. The number of halogens is 6. The van der Waals surface area contributed by atoms with Crippen LogP contribution in [-0.2, 0) is 6.18 Å². The molecule has 8 heteroatoms. The Morgan fingerprint density at radius 3 is 2.12 bits per heavy atom. The standard InChI is InChI=1S/C16H21ClF4N2.ClH/c1-15(2,3)14(23-6-4-22-5-7-23)11-8-10(16(19,20)21)9-12(17)13(11)18;/h8-9,14,22H,4-7H2,1-3H3;1H/t14-;/m1./s1. The maximum absolute atomic E-state index is 14.6. The Bertz CT molecular complexity index is 564. The number of benzene rings is 1. The molecule has 1 aliphatic rings. The highest BCUT2D eigenvalue weighted by atomic mass is 35.5. The highest BCUT2D eigenvalue weighted by molar-refractivity contribution is 6.30. The molecule has 1 fully saturated rings. The summed E-state index contributed by atoms with van der Waals surface area (Å²) >= 11 is 5.75. The fraction of sp³-hybridized carbons (Fsp3) is 0.625. The molecular formula is C16H22Cl2F4N2. The number of nitrogens with one attached hydrogen (secondary N) is 1. The molecule has 2 nitrogen and oxygen atoms in total. The zero-order valence-electron chi connectivity index (χ0n) is 13.8. The Labute approximate surface area is 151 Å². The molecule has 1 atom stereocenters. The zero-order chi connectivity index (χ0) is 17.4. The first kappa shape index (κ1) is 21.5. The highest BCUT2D eigenvalue weighted by Gasteiger charge is 2.38. The SMILES string of the molecule is CC(C)(C)[C@@H](c1cc(C(F)(F)F)cc(Cl)c1F)N1CCNCC1.Cl. The molecule has 1 aromatic carbocycles. The molecule has 0 radical (unpaired) electrons. The molecule has 1 saturated heterocycles. The van der Waals surface area contributed by atoms with Gasteiger partial charge in [0.2, 0.25) is 0 Å². The van der Waals surface area contributed by atoms with Crippen molar-refractivity contribution < 1.29 is 17.6 Å². The molecular weight excluding hydrogens is 367 g/mol. The molecule has 0 spiro atoms. The van der Waals surface area contributed by atoms with Gasteiger partial charge in [0.25, 0.3) is 0 Å². The van der Waals surface area contributed by atoms with Gasteiger partial charge in [-0.1, -0.05) is 32.4 Å². The van der Waals surface area contributed by atoms with Crippen molar-refractivity contribution in [2.75, 3.05) is 26.2 Å². The summed E-state index contributed by atoms with van der Waals surface area (Å²) in [6, 6.07) is 1.07.